The van der Waals surface area contributed by atoms with Crippen LogP contribution >= 0.6 is 0 Å². The molecule has 0 aliphatic rings. The van der Waals surface area contributed by atoms with Gasteiger partial charge in [0.15, 0.2) is 11.5 Å². The van der Waals surface area contributed by atoms with E-state index in [1.165, 1.54) is 0 Å². The molecule has 0 amide bonds. The molecule has 5 nitrogen and oxygen atoms in total. The Hall–Kier alpha value is -1.98. The highest BCUT2D eigenvalue weighted by Gasteiger charge is 2.26. The minimum atomic E-state index is -0.803. The van der Waals surface area contributed by atoms with Gasteiger partial charge in [0.2, 0.25) is 0 Å². The van der Waals surface area contributed by atoms with E-state index in [0.717, 1.165) is 11.1 Å². The normalized spacial score (nSPS) is 13.8. The number of methoxy groups -OCH3 is 2. The second-order valence-corrected chi connectivity index (χ2v) is 4.87. The Morgan fingerprint density at radius 1 is 1.19 bits per heavy atom. The van der Waals surface area contributed by atoms with Crippen molar-refractivity contribution in [2.45, 2.75) is 18.9 Å². The number of hydrogen-bond donors (Lipinski definition) is 2. The van der Waals surface area contributed by atoms with Crippen LogP contribution in [0.2, 0.25) is 0 Å². The molecule has 2 unspecified atom stereocenters. The van der Waals surface area contributed by atoms with Gasteiger partial charge in [-0.2, -0.15) is 0 Å². The number of aliphatic hydroxyl groups excluding tert-OH is 1. The molecule has 2 atom stereocenters. The molecule has 0 radical (unpaired) electrons. The predicted molar refractivity (Wildman–Crippen MR) is 79.7 cm³/mol. The van der Waals surface area contributed by atoms with Crippen LogP contribution in [0.15, 0.2) is 34.9 Å². The molecule has 0 bridgehead atoms. The van der Waals surface area contributed by atoms with Crippen molar-refractivity contribution >= 4 is 0 Å². The molecular weight excluding hydrogens is 270 g/mol. The Bertz CT molecular complexity index is 594. The number of aliphatic hydroxyl groups is 1. The summed E-state index contributed by atoms with van der Waals surface area (Å²) in [6.07, 6.45) is 0.763. The molecule has 0 aliphatic heterocycles. The Labute approximate surface area is 124 Å². The number of nitrogens with two attached hydrogens (primary N) is 1. The fraction of sp³-hybridized carbons (Fsp3) is 0.375. The molecule has 1 aromatic heterocycles. The van der Waals surface area contributed by atoms with Crippen molar-refractivity contribution in [3.05, 3.63) is 47.4 Å². The van der Waals surface area contributed by atoms with E-state index in [1.54, 1.807) is 26.5 Å². The third-order valence-corrected chi connectivity index (χ3v) is 3.64. The van der Waals surface area contributed by atoms with Crippen LogP contribution in [0.5, 0.6) is 11.5 Å². The largest absolute Gasteiger partial charge is 0.493 e. The van der Waals surface area contributed by atoms with Crippen molar-refractivity contribution in [2.24, 2.45) is 5.73 Å². The number of ether oxygens (including phenoxy) is 2. The van der Waals surface area contributed by atoms with Crippen molar-refractivity contribution < 1.29 is 19.0 Å². The first kappa shape index (κ1) is 15.4. The van der Waals surface area contributed by atoms with Crippen molar-refractivity contribution in [2.75, 3.05) is 20.8 Å². The monoisotopic (exact) mass is 291 g/mol. The lowest BCUT2D eigenvalue weighted by Crippen LogP contribution is -2.20. The fourth-order valence-electron chi connectivity index (χ4n) is 2.40. The summed E-state index contributed by atoms with van der Waals surface area (Å²) in [4.78, 5) is 0. The number of benzene rings is 1. The second-order valence-electron chi connectivity index (χ2n) is 4.87. The molecule has 5 heteroatoms. The maximum atomic E-state index is 10.5. The van der Waals surface area contributed by atoms with Crippen molar-refractivity contribution in [3.63, 3.8) is 0 Å². The van der Waals surface area contributed by atoms with E-state index in [4.69, 9.17) is 19.6 Å². The van der Waals surface area contributed by atoms with Gasteiger partial charge in [-0.05, 0) is 36.2 Å². The summed E-state index contributed by atoms with van der Waals surface area (Å²) in [6.45, 7) is 2.18. The number of hydrogen-bond acceptors (Lipinski definition) is 5. The topological polar surface area (TPSA) is 77.9 Å². The number of aryl methyl sites for hydroxylation is 1. The standard InChI is InChI=1S/C16H21NO4/c1-10-6-7-21-16(10)15(18)12(9-17)11-4-5-13(19-2)14(8-11)20-3/h4-8,12,15,18H,9,17H2,1-3H3. The van der Waals surface area contributed by atoms with E-state index in [2.05, 4.69) is 0 Å². The Balaban J connectivity index is 2.35. The first-order valence-electron chi connectivity index (χ1n) is 6.76. The number of rotatable bonds is 6. The molecule has 0 fully saturated rings. The van der Waals surface area contributed by atoms with Crippen LogP contribution < -0.4 is 15.2 Å². The first-order valence-corrected chi connectivity index (χ1v) is 6.76. The van der Waals surface area contributed by atoms with Gasteiger partial charge in [-0.3, -0.25) is 0 Å². The van der Waals surface area contributed by atoms with Crippen LogP contribution in [0.4, 0.5) is 0 Å². The van der Waals surface area contributed by atoms with Crippen LogP contribution in [0.3, 0.4) is 0 Å². The average Bonchev–Trinajstić information content (AvgIpc) is 2.93. The summed E-state index contributed by atoms with van der Waals surface area (Å²) < 4.78 is 15.9. The molecule has 2 rings (SSSR count). The van der Waals surface area contributed by atoms with E-state index in [1.807, 2.05) is 25.1 Å². The van der Waals surface area contributed by atoms with Gasteiger partial charge in [0.25, 0.3) is 0 Å². The second kappa shape index (κ2) is 6.65. The van der Waals surface area contributed by atoms with E-state index in [0.29, 0.717) is 17.3 Å². The zero-order valence-corrected chi connectivity index (χ0v) is 12.5. The van der Waals surface area contributed by atoms with Gasteiger partial charge in [0.05, 0.1) is 20.5 Å². The SMILES string of the molecule is COc1ccc(C(CN)C(O)c2occc2C)cc1OC. The van der Waals surface area contributed by atoms with Gasteiger partial charge < -0.3 is 24.7 Å². The third-order valence-electron chi connectivity index (χ3n) is 3.64. The molecule has 1 heterocycles. The molecule has 21 heavy (non-hydrogen) atoms. The molecule has 2 aromatic rings. The van der Waals surface area contributed by atoms with E-state index < -0.39 is 6.10 Å². The minimum Gasteiger partial charge on any atom is -0.493 e. The predicted octanol–water partition coefficient (Wildman–Crippen LogP) is 2.38. The summed E-state index contributed by atoms with van der Waals surface area (Å²) in [7, 11) is 3.16. The summed E-state index contributed by atoms with van der Waals surface area (Å²) in [5, 5.41) is 10.5. The zero-order valence-electron chi connectivity index (χ0n) is 12.5. The van der Waals surface area contributed by atoms with Crippen LogP contribution in [-0.4, -0.2) is 25.9 Å². The molecule has 0 aliphatic carbocycles. The van der Waals surface area contributed by atoms with Crippen molar-refractivity contribution in [1.82, 2.24) is 0 Å². The lowest BCUT2D eigenvalue weighted by molar-refractivity contribution is 0.121. The highest BCUT2D eigenvalue weighted by Crippen LogP contribution is 2.36. The maximum absolute atomic E-state index is 10.5. The summed E-state index contributed by atoms with van der Waals surface area (Å²) in [5.74, 6) is 1.51. The lowest BCUT2D eigenvalue weighted by Gasteiger charge is -2.22. The first-order chi connectivity index (χ1) is 10.1. The number of furan rings is 1. The van der Waals surface area contributed by atoms with E-state index >= 15 is 0 Å². The Morgan fingerprint density at radius 2 is 1.90 bits per heavy atom. The fourth-order valence-corrected chi connectivity index (χ4v) is 2.40. The van der Waals surface area contributed by atoms with Gasteiger partial charge in [0, 0.05) is 12.5 Å². The molecule has 1 aromatic carbocycles. The highest BCUT2D eigenvalue weighted by molar-refractivity contribution is 5.44. The third kappa shape index (κ3) is 3.04. The van der Waals surface area contributed by atoms with Crippen LogP contribution in [0.1, 0.15) is 28.9 Å². The summed E-state index contributed by atoms with van der Waals surface area (Å²) in [6, 6.07) is 7.33. The molecule has 3 N–H and O–H groups in total. The minimum absolute atomic E-state index is 0.283. The van der Waals surface area contributed by atoms with E-state index in [9.17, 15) is 5.11 Å². The van der Waals surface area contributed by atoms with Crippen molar-refractivity contribution in [1.29, 1.82) is 0 Å². The molecule has 0 saturated heterocycles. The lowest BCUT2D eigenvalue weighted by atomic mass is 9.90. The summed E-state index contributed by atoms with van der Waals surface area (Å²) in [5.41, 5.74) is 7.63. The molecule has 114 valence electrons. The van der Waals surface area contributed by atoms with Gasteiger partial charge in [-0.1, -0.05) is 6.07 Å². The highest BCUT2D eigenvalue weighted by atomic mass is 16.5. The quantitative estimate of drug-likeness (QED) is 0.854. The van der Waals surface area contributed by atoms with Gasteiger partial charge in [-0.15, -0.1) is 0 Å². The van der Waals surface area contributed by atoms with Gasteiger partial charge >= 0.3 is 0 Å². The van der Waals surface area contributed by atoms with Crippen molar-refractivity contribution in [3.8, 4) is 11.5 Å². The average molecular weight is 291 g/mol. The molecule has 0 saturated carbocycles. The Morgan fingerprint density at radius 3 is 2.43 bits per heavy atom. The smallest absolute Gasteiger partial charge is 0.160 e. The van der Waals surface area contributed by atoms with Crippen LogP contribution in [0.25, 0.3) is 0 Å². The van der Waals surface area contributed by atoms with E-state index in [-0.39, 0.29) is 12.5 Å². The van der Waals surface area contributed by atoms with Gasteiger partial charge in [-0.25, -0.2) is 0 Å². The van der Waals surface area contributed by atoms with Crippen LogP contribution in [-0.2, 0) is 0 Å². The van der Waals surface area contributed by atoms with Crippen LogP contribution in [0, 0.1) is 6.92 Å². The molecule has 0 spiro atoms. The van der Waals surface area contributed by atoms with Gasteiger partial charge in [0.1, 0.15) is 11.9 Å². The zero-order chi connectivity index (χ0) is 15.4. The summed E-state index contributed by atoms with van der Waals surface area (Å²) >= 11 is 0. The maximum Gasteiger partial charge on any atom is 0.160 e. The Kier molecular flexibility index (Phi) is 4.88. The molecular formula is C16H21NO4.